The molecule has 0 aliphatic carbocycles. The van der Waals surface area contributed by atoms with Crippen LogP contribution in [0.3, 0.4) is 0 Å². The maximum absolute atomic E-state index is 14.5. The molecular weight excluding hydrogens is 470 g/mol. The summed E-state index contributed by atoms with van der Waals surface area (Å²) in [5.41, 5.74) is 0.875. The normalized spacial score (nSPS) is 15.3. The Balaban J connectivity index is 2.05. The van der Waals surface area contributed by atoms with Crippen LogP contribution in [0.5, 0.6) is 0 Å². The first-order valence-corrected chi connectivity index (χ1v) is 12.0. The monoisotopic (exact) mass is 495 g/mol. The Morgan fingerprint density at radius 2 is 1.65 bits per heavy atom. The largest absolute Gasteiger partial charge is 0.428 e. The fourth-order valence-electron chi connectivity index (χ4n) is 4.08. The van der Waals surface area contributed by atoms with Crippen molar-refractivity contribution in [1.82, 2.24) is 24.3 Å². The van der Waals surface area contributed by atoms with E-state index in [4.69, 9.17) is 5.10 Å². The van der Waals surface area contributed by atoms with E-state index in [1.807, 2.05) is 27.7 Å². The molecule has 0 radical (unpaired) electrons. The molecule has 2 atom stereocenters. The third-order valence-corrected chi connectivity index (χ3v) is 8.02. The van der Waals surface area contributed by atoms with Gasteiger partial charge in [-0.25, -0.2) is 9.37 Å². The fourth-order valence-corrected chi connectivity index (χ4v) is 5.15. The number of imidazole rings is 1. The highest BCUT2D eigenvalue weighted by atomic mass is 32.2. The second-order valence-electron chi connectivity index (χ2n) is 8.60. The van der Waals surface area contributed by atoms with E-state index in [1.54, 1.807) is 18.5 Å². The summed E-state index contributed by atoms with van der Waals surface area (Å²) in [6.45, 7) is 10.1. The highest BCUT2D eigenvalue weighted by molar-refractivity contribution is 7.85. The number of pyridine rings is 1. The maximum atomic E-state index is 14.5. The molecule has 0 fully saturated rings. The molecule has 0 saturated carbocycles. The van der Waals surface area contributed by atoms with Crippen LogP contribution >= 0.6 is 0 Å². The van der Waals surface area contributed by atoms with Crippen LogP contribution in [0.25, 0.3) is 27.9 Å². The van der Waals surface area contributed by atoms with Crippen molar-refractivity contribution in [2.24, 2.45) is 7.05 Å². The molecule has 0 N–H and O–H groups in total. The summed E-state index contributed by atoms with van der Waals surface area (Å²) >= 11 is 0. The third kappa shape index (κ3) is 3.35. The second-order valence-corrected chi connectivity index (χ2v) is 10.3. The molecular formula is C23H25F4N5OS. The summed E-state index contributed by atoms with van der Waals surface area (Å²) in [5, 5.41) is 6.00. The van der Waals surface area contributed by atoms with Crippen LogP contribution in [-0.4, -0.2) is 40.5 Å². The molecule has 0 bridgehead atoms. The number of fused-ring (bicyclic) bond motifs is 2. The van der Waals surface area contributed by atoms with Crippen LogP contribution in [0.4, 0.5) is 17.6 Å². The van der Waals surface area contributed by atoms with Gasteiger partial charge in [-0.3, -0.25) is 9.19 Å². The smallest absolute Gasteiger partial charge is 0.310 e. The van der Waals surface area contributed by atoms with E-state index in [1.165, 1.54) is 4.68 Å². The second kappa shape index (κ2) is 7.86. The van der Waals surface area contributed by atoms with Crippen LogP contribution in [0.15, 0.2) is 17.3 Å². The zero-order chi connectivity index (χ0) is 25.3. The van der Waals surface area contributed by atoms with E-state index in [-0.39, 0.29) is 11.5 Å². The van der Waals surface area contributed by atoms with Gasteiger partial charge in [-0.15, -0.1) is 0 Å². The zero-order valence-corrected chi connectivity index (χ0v) is 20.7. The van der Waals surface area contributed by atoms with Gasteiger partial charge < -0.3 is 4.57 Å². The topological polar surface area (TPSA) is 65.6 Å². The molecule has 0 saturated heterocycles. The maximum Gasteiger partial charge on any atom is 0.428 e. The highest BCUT2D eigenvalue weighted by Gasteiger charge is 2.54. The van der Waals surface area contributed by atoms with Crippen molar-refractivity contribution in [3.05, 3.63) is 40.2 Å². The Bertz CT molecular complexity index is 1480. The molecule has 0 aliphatic rings. The minimum atomic E-state index is -5.12. The van der Waals surface area contributed by atoms with Crippen LogP contribution in [0.1, 0.15) is 41.8 Å². The minimum absolute atomic E-state index is 0.129. The molecule has 0 aliphatic heterocycles. The van der Waals surface area contributed by atoms with Crippen molar-refractivity contribution in [3.8, 4) is 5.95 Å². The third-order valence-electron chi connectivity index (χ3n) is 6.69. The lowest BCUT2D eigenvalue weighted by Gasteiger charge is -2.22. The molecule has 11 heteroatoms. The molecule has 4 rings (SSSR count). The molecule has 0 amide bonds. The van der Waals surface area contributed by atoms with Crippen molar-refractivity contribution in [2.75, 3.05) is 5.75 Å². The van der Waals surface area contributed by atoms with Crippen molar-refractivity contribution in [2.45, 2.75) is 58.4 Å². The van der Waals surface area contributed by atoms with Crippen molar-refractivity contribution in [1.29, 1.82) is 0 Å². The van der Waals surface area contributed by atoms with Crippen molar-refractivity contribution >= 4 is 32.7 Å². The van der Waals surface area contributed by atoms with Gasteiger partial charge in [0.15, 0.2) is 0 Å². The molecule has 34 heavy (non-hydrogen) atoms. The lowest BCUT2D eigenvalue weighted by molar-refractivity contribution is -0.230. The average Bonchev–Trinajstić information content (AvgIpc) is 3.33. The van der Waals surface area contributed by atoms with Gasteiger partial charge >= 0.3 is 6.18 Å². The summed E-state index contributed by atoms with van der Waals surface area (Å²) in [7, 11) is 0.242. The van der Waals surface area contributed by atoms with Crippen molar-refractivity contribution < 1.29 is 21.8 Å². The number of rotatable bonds is 4. The highest BCUT2D eigenvalue weighted by Crippen LogP contribution is 2.42. The molecule has 0 spiro atoms. The molecule has 2 unspecified atom stereocenters. The fraction of sp³-hybridized carbons (Fsp3) is 0.435. The number of halogens is 4. The predicted octanol–water partition coefficient (Wildman–Crippen LogP) is 5.42. The van der Waals surface area contributed by atoms with E-state index in [9.17, 15) is 21.8 Å². The number of nitrogens with zero attached hydrogens (tertiary/aromatic N) is 5. The van der Waals surface area contributed by atoms with E-state index in [0.29, 0.717) is 28.7 Å². The Hall–Kier alpha value is -2.82. The first-order chi connectivity index (χ1) is 15.7. The number of hydrogen-bond acceptors (Lipinski definition) is 4. The molecule has 1 aromatic carbocycles. The van der Waals surface area contributed by atoms with E-state index in [2.05, 4.69) is 9.97 Å². The Morgan fingerprint density at radius 1 is 1.03 bits per heavy atom. The molecule has 3 heterocycles. The summed E-state index contributed by atoms with van der Waals surface area (Å²) in [6, 6.07) is 0.997. The average molecular weight is 496 g/mol. The van der Waals surface area contributed by atoms with Crippen molar-refractivity contribution in [3.63, 3.8) is 0 Å². The number of alkyl halides is 4. The number of aryl methyl sites for hydroxylation is 3. The van der Waals surface area contributed by atoms with Crippen LogP contribution in [0, 0.1) is 27.7 Å². The standard InChI is InChI=1S/C23H25F4N5OS/c1-8-34(33)20-18-13(4)11(2)12(3)14(5)19(18)30-32(20)21-29-15-9-17(22(6,24)23(25,26)27)28-10-16(15)31(21)7/h9-10H,8H2,1-7H3. The van der Waals surface area contributed by atoms with Gasteiger partial charge in [-0.1, -0.05) is 6.92 Å². The van der Waals surface area contributed by atoms with Crippen LogP contribution in [-0.2, 0) is 23.5 Å². The lowest BCUT2D eigenvalue weighted by atomic mass is 9.96. The summed E-state index contributed by atoms with van der Waals surface area (Å²) in [6.07, 6.45) is -3.96. The number of benzene rings is 1. The van der Waals surface area contributed by atoms with E-state index < -0.39 is 28.3 Å². The molecule has 4 aromatic rings. The van der Waals surface area contributed by atoms with Gasteiger partial charge in [-0.05, 0) is 62.9 Å². The zero-order valence-electron chi connectivity index (χ0n) is 19.9. The Morgan fingerprint density at radius 3 is 2.24 bits per heavy atom. The van der Waals surface area contributed by atoms with Gasteiger partial charge in [-0.2, -0.15) is 23.0 Å². The molecule has 6 nitrogen and oxygen atoms in total. The van der Waals surface area contributed by atoms with E-state index >= 15 is 0 Å². The quantitative estimate of drug-likeness (QED) is 0.355. The van der Waals surface area contributed by atoms with Gasteiger partial charge in [0.05, 0.1) is 39.2 Å². The predicted molar refractivity (Wildman–Crippen MR) is 124 cm³/mol. The van der Waals surface area contributed by atoms with Gasteiger partial charge in [0.2, 0.25) is 11.6 Å². The van der Waals surface area contributed by atoms with Crippen LogP contribution < -0.4 is 0 Å². The van der Waals surface area contributed by atoms with E-state index in [0.717, 1.165) is 39.9 Å². The first kappa shape index (κ1) is 24.3. The Labute approximate surface area is 196 Å². The Kier molecular flexibility index (Phi) is 5.62. The number of aromatic nitrogens is 5. The van der Waals surface area contributed by atoms with Gasteiger partial charge in [0, 0.05) is 18.2 Å². The van der Waals surface area contributed by atoms with Crippen LogP contribution in [0.2, 0.25) is 0 Å². The SMILES string of the molecule is CCS(=O)c1c2c(C)c(C)c(C)c(C)c2nn1-c1nc2cc(C(C)(F)C(F)(F)F)ncc2n1C. The van der Waals surface area contributed by atoms with Gasteiger partial charge in [0.1, 0.15) is 5.03 Å². The summed E-state index contributed by atoms with van der Waals surface area (Å²) in [5.74, 6) is 0.594. The summed E-state index contributed by atoms with van der Waals surface area (Å²) < 4.78 is 70.5. The lowest BCUT2D eigenvalue weighted by Crippen LogP contribution is -2.35. The minimum Gasteiger partial charge on any atom is -0.310 e. The summed E-state index contributed by atoms with van der Waals surface area (Å²) in [4.78, 5) is 8.21. The molecule has 182 valence electrons. The first-order valence-electron chi connectivity index (χ1n) is 10.7. The molecule has 3 aromatic heterocycles. The number of hydrogen-bond donors (Lipinski definition) is 0. The van der Waals surface area contributed by atoms with Gasteiger partial charge in [0.25, 0.3) is 0 Å².